The first-order valence-electron chi connectivity index (χ1n) is 9.78. The number of methoxy groups -OCH3 is 3. The first-order valence-corrected chi connectivity index (χ1v) is 9.78. The maximum atomic E-state index is 13.1. The molecule has 2 heterocycles. The van der Waals surface area contributed by atoms with Crippen LogP contribution >= 0.6 is 0 Å². The summed E-state index contributed by atoms with van der Waals surface area (Å²) in [5.74, 6) is 1.99. The van der Waals surface area contributed by atoms with E-state index in [1.165, 1.54) is 27.6 Å². The number of ether oxygens (including phenoxy) is 5. The molecule has 1 aliphatic rings. The van der Waals surface area contributed by atoms with Crippen molar-refractivity contribution in [3.05, 3.63) is 46.8 Å². The van der Waals surface area contributed by atoms with E-state index in [0.717, 1.165) is 19.3 Å². The number of fused-ring (bicyclic) bond motifs is 1. The topological polar surface area (TPSA) is 76.4 Å². The summed E-state index contributed by atoms with van der Waals surface area (Å²) in [4.78, 5) is 13.1. The lowest BCUT2D eigenvalue weighted by atomic mass is 10.0. The molecule has 30 heavy (non-hydrogen) atoms. The highest BCUT2D eigenvalue weighted by Gasteiger charge is 2.19. The molecule has 0 aliphatic carbocycles. The fourth-order valence-electron chi connectivity index (χ4n) is 3.57. The monoisotopic (exact) mass is 412 g/mol. The molecule has 2 aromatic carbocycles. The van der Waals surface area contributed by atoms with Gasteiger partial charge in [0.15, 0.2) is 23.2 Å². The minimum atomic E-state index is -0.263. The van der Waals surface area contributed by atoms with E-state index in [9.17, 15) is 4.79 Å². The Balaban J connectivity index is 1.72. The molecule has 7 nitrogen and oxygen atoms in total. The van der Waals surface area contributed by atoms with Crippen LogP contribution in [-0.4, -0.2) is 34.2 Å². The molecule has 4 rings (SSSR count). The maximum absolute atomic E-state index is 13.1. The minimum Gasteiger partial charge on any atom is -0.493 e. The largest absolute Gasteiger partial charge is 0.493 e. The highest BCUT2D eigenvalue weighted by molar-refractivity contribution is 5.83. The van der Waals surface area contributed by atoms with Crippen LogP contribution in [0.25, 0.3) is 22.1 Å². The van der Waals surface area contributed by atoms with E-state index in [4.69, 9.17) is 28.1 Å². The van der Waals surface area contributed by atoms with E-state index in [2.05, 4.69) is 0 Å². The van der Waals surface area contributed by atoms with Crippen molar-refractivity contribution in [3.63, 3.8) is 0 Å². The van der Waals surface area contributed by atoms with Crippen molar-refractivity contribution in [1.82, 2.24) is 0 Å². The molecule has 3 aromatic rings. The van der Waals surface area contributed by atoms with Gasteiger partial charge in [-0.15, -0.1) is 0 Å². The van der Waals surface area contributed by atoms with Gasteiger partial charge in [0, 0.05) is 12.5 Å². The SMILES string of the molecule is COc1cc(-c2coc3cc(OC4CCCCO4)ccc3c2=O)cc(OC)c1OC. The zero-order chi connectivity index (χ0) is 21.1. The second-order valence-electron chi connectivity index (χ2n) is 6.96. The number of rotatable bonds is 6. The van der Waals surface area contributed by atoms with Gasteiger partial charge < -0.3 is 28.1 Å². The fraction of sp³-hybridized carbons (Fsp3) is 0.348. The Hall–Kier alpha value is -3.19. The lowest BCUT2D eigenvalue weighted by Crippen LogP contribution is -2.24. The highest BCUT2D eigenvalue weighted by atomic mass is 16.7. The molecule has 0 amide bonds. The standard InChI is InChI=1S/C23H24O7/c1-25-19-10-14(11-20(26-2)23(19)27-3)17-13-29-18-12-15(7-8-16(18)22(17)24)30-21-6-4-5-9-28-21/h7-8,10-13,21H,4-6,9H2,1-3H3. The van der Waals surface area contributed by atoms with E-state index >= 15 is 0 Å². The van der Waals surface area contributed by atoms with E-state index in [1.807, 2.05) is 0 Å². The van der Waals surface area contributed by atoms with Gasteiger partial charge in [-0.1, -0.05) is 0 Å². The summed E-state index contributed by atoms with van der Waals surface area (Å²) in [6.07, 6.45) is 4.15. The predicted molar refractivity (Wildman–Crippen MR) is 112 cm³/mol. The van der Waals surface area contributed by atoms with E-state index in [1.54, 1.807) is 30.3 Å². The number of hydrogen-bond donors (Lipinski definition) is 0. The summed E-state index contributed by atoms with van der Waals surface area (Å²) < 4.78 is 33.4. The molecule has 0 bridgehead atoms. The summed E-state index contributed by atoms with van der Waals surface area (Å²) in [5, 5.41) is 0.457. The Kier molecular flexibility index (Phi) is 5.81. The molecule has 1 saturated heterocycles. The van der Waals surface area contributed by atoms with Crippen molar-refractivity contribution in [1.29, 1.82) is 0 Å². The van der Waals surface area contributed by atoms with Gasteiger partial charge in [-0.05, 0) is 42.7 Å². The third-order valence-electron chi connectivity index (χ3n) is 5.13. The molecular weight excluding hydrogens is 388 g/mol. The molecule has 1 atom stereocenters. The summed E-state index contributed by atoms with van der Waals surface area (Å²) in [5.41, 5.74) is 1.29. The first-order chi connectivity index (χ1) is 14.6. The van der Waals surface area contributed by atoms with Gasteiger partial charge >= 0.3 is 0 Å². The van der Waals surface area contributed by atoms with E-state index in [-0.39, 0.29) is 11.7 Å². The second kappa shape index (κ2) is 8.67. The van der Waals surface area contributed by atoms with Gasteiger partial charge in [-0.3, -0.25) is 4.79 Å². The van der Waals surface area contributed by atoms with Gasteiger partial charge in [0.05, 0.1) is 38.9 Å². The molecule has 1 unspecified atom stereocenters. The van der Waals surface area contributed by atoms with Crippen LogP contribution in [0.5, 0.6) is 23.0 Å². The van der Waals surface area contributed by atoms with Crippen LogP contribution in [0.1, 0.15) is 19.3 Å². The van der Waals surface area contributed by atoms with Gasteiger partial charge in [0.25, 0.3) is 0 Å². The molecule has 0 radical (unpaired) electrons. The highest BCUT2D eigenvalue weighted by Crippen LogP contribution is 2.40. The molecule has 0 spiro atoms. The molecular formula is C23H24O7. The summed E-state index contributed by atoms with van der Waals surface area (Å²) in [6, 6.07) is 8.62. The molecule has 0 saturated carbocycles. The Labute approximate surface area is 174 Å². The van der Waals surface area contributed by atoms with Crippen LogP contribution in [0, 0.1) is 0 Å². The summed E-state index contributed by atoms with van der Waals surface area (Å²) in [6.45, 7) is 0.700. The third-order valence-corrected chi connectivity index (χ3v) is 5.13. The average molecular weight is 412 g/mol. The lowest BCUT2D eigenvalue weighted by molar-refractivity contribution is -0.105. The van der Waals surface area contributed by atoms with Crippen molar-refractivity contribution < 1.29 is 28.1 Å². The van der Waals surface area contributed by atoms with Crippen LogP contribution in [0.15, 0.2) is 45.8 Å². The lowest BCUT2D eigenvalue weighted by Gasteiger charge is -2.23. The van der Waals surface area contributed by atoms with Crippen LogP contribution in [-0.2, 0) is 4.74 Å². The minimum absolute atomic E-state index is 0.161. The van der Waals surface area contributed by atoms with Gasteiger partial charge in [-0.25, -0.2) is 0 Å². The maximum Gasteiger partial charge on any atom is 0.203 e. The zero-order valence-corrected chi connectivity index (χ0v) is 17.2. The second-order valence-corrected chi connectivity index (χ2v) is 6.96. The van der Waals surface area contributed by atoms with Crippen LogP contribution in [0.2, 0.25) is 0 Å². The Morgan fingerprint density at radius 2 is 1.73 bits per heavy atom. The average Bonchev–Trinajstić information content (AvgIpc) is 2.79. The molecule has 158 valence electrons. The first kappa shape index (κ1) is 20.1. The van der Waals surface area contributed by atoms with Crippen LogP contribution in [0.3, 0.4) is 0 Å². The van der Waals surface area contributed by atoms with Crippen LogP contribution < -0.4 is 24.4 Å². The van der Waals surface area contributed by atoms with Crippen molar-refractivity contribution in [2.24, 2.45) is 0 Å². The Morgan fingerprint density at radius 3 is 2.37 bits per heavy atom. The summed E-state index contributed by atoms with van der Waals surface area (Å²) >= 11 is 0. The van der Waals surface area contributed by atoms with E-state index in [0.29, 0.717) is 51.7 Å². The van der Waals surface area contributed by atoms with Crippen molar-refractivity contribution in [3.8, 4) is 34.1 Å². The quantitative estimate of drug-likeness (QED) is 0.594. The van der Waals surface area contributed by atoms with Crippen molar-refractivity contribution >= 4 is 11.0 Å². The van der Waals surface area contributed by atoms with Gasteiger partial charge in [0.2, 0.25) is 5.75 Å². The van der Waals surface area contributed by atoms with Crippen LogP contribution in [0.4, 0.5) is 0 Å². The van der Waals surface area contributed by atoms with E-state index < -0.39 is 0 Å². The van der Waals surface area contributed by atoms with Gasteiger partial charge in [0.1, 0.15) is 17.6 Å². The molecule has 1 aliphatic heterocycles. The number of benzene rings is 2. The molecule has 0 N–H and O–H groups in total. The fourth-order valence-corrected chi connectivity index (χ4v) is 3.57. The molecule has 1 aromatic heterocycles. The Morgan fingerprint density at radius 1 is 0.967 bits per heavy atom. The normalized spacial score (nSPS) is 16.3. The number of hydrogen-bond acceptors (Lipinski definition) is 7. The van der Waals surface area contributed by atoms with Crippen molar-refractivity contribution in [2.75, 3.05) is 27.9 Å². The van der Waals surface area contributed by atoms with Crippen molar-refractivity contribution in [2.45, 2.75) is 25.6 Å². The third kappa shape index (κ3) is 3.80. The molecule has 7 heteroatoms. The van der Waals surface area contributed by atoms with Gasteiger partial charge in [-0.2, -0.15) is 0 Å². The smallest absolute Gasteiger partial charge is 0.203 e. The Bertz CT molecular complexity index is 1070. The zero-order valence-electron chi connectivity index (χ0n) is 17.2. The predicted octanol–water partition coefficient (Wildman–Crippen LogP) is 4.39. The summed E-state index contributed by atoms with van der Waals surface area (Å²) in [7, 11) is 4.59. The molecule has 1 fully saturated rings.